The van der Waals surface area contributed by atoms with Crippen molar-refractivity contribution in [1.29, 1.82) is 0 Å². The van der Waals surface area contributed by atoms with Gasteiger partial charge in [-0.1, -0.05) is 13.8 Å². The topological polar surface area (TPSA) is 107 Å². The van der Waals surface area contributed by atoms with Crippen LogP contribution in [-0.4, -0.2) is 26.2 Å². The molecule has 0 aliphatic carbocycles. The van der Waals surface area contributed by atoms with E-state index in [2.05, 4.69) is 34.1 Å². The summed E-state index contributed by atoms with van der Waals surface area (Å²) in [4.78, 5) is 12.9. The molecule has 0 amide bonds. The maximum Gasteiger partial charge on any atom is 0.186 e. The minimum absolute atomic E-state index is 0.0703. The molecule has 0 saturated carbocycles. The summed E-state index contributed by atoms with van der Waals surface area (Å²) in [5.41, 5.74) is 14.5. The fraction of sp³-hybridized carbons (Fsp3) is 0.438. The number of hydrogen-bond acceptors (Lipinski definition) is 6. The molecule has 0 fully saturated rings. The van der Waals surface area contributed by atoms with Crippen LogP contribution in [0.1, 0.15) is 31.5 Å². The molecule has 0 saturated heterocycles. The van der Waals surface area contributed by atoms with E-state index in [9.17, 15) is 0 Å². The second-order valence-electron chi connectivity index (χ2n) is 6.97. The zero-order valence-electron chi connectivity index (χ0n) is 13.7. The Kier molecular flexibility index (Phi) is 3.60. The summed E-state index contributed by atoms with van der Waals surface area (Å²) in [7, 11) is 1.88. The molecular weight excluding hydrogens is 290 g/mol. The molecule has 1 unspecified atom stereocenters. The Balaban J connectivity index is 1.81. The highest BCUT2D eigenvalue weighted by Gasteiger charge is 2.37. The average molecular weight is 313 g/mol. The van der Waals surface area contributed by atoms with E-state index in [4.69, 9.17) is 11.5 Å². The molecule has 3 rings (SSSR count). The van der Waals surface area contributed by atoms with Gasteiger partial charge in [-0.25, -0.2) is 9.98 Å². The van der Waals surface area contributed by atoms with Crippen LogP contribution in [-0.2, 0) is 13.5 Å². The lowest BCUT2D eigenvalue weighted by atomic mass is 9.80. The van der Waals surface area contributed by atoms with Crippen LogP contribution in [0.25, 0.3) is 0 Å². The first-order valence-electron chi connectivity index (χ1n) is 7.61. The first kappa shape index (κ1) is 15.5. The number of fused-ring (bicyclic) bond motifs is 1. The zero-order chi connectivity index (χ0) is 16.7. The predicted octanol–water partition coefficient (Wildman–Crippen LogP) is 1.22. The lowest BCUT2D eigenvalue weighted by Gasteiger charge is -2.37. The van der Waals surface area contributed by atoms with Crippen molar-refractivity contribution in [2.45, 2.75) is 32.5 Å². The SMILES string of the molecule is Cn1cnc2c1C(N)=NC(N)(CC(C)(C)Cc1ccncc1)N2. The summed E-state index contributed by atoms with van der Waals surface area (Å²) in [6.07, 6.45) is 6.81. The molecule has 0 radical (unpaired) electrons. The third-order valence-electron chi connectivity index (χ3n) is 4.01. The van der Waals surface area contributed by atoms with Gasteiger partial charge in [0.15, 0.2) is 11.6 Å². The number of imidazole rings is 1. The Hall–Kier alpha value is -2.41. The van der Waals surface area contributed by atoms with Crippen LogP contribution in [0.4, 0.5) is 5.82 Å². The van der Waals surface area contributed by atoms with E-state index in [-0.39, 0.29) is 5.41 Å². The molecule has 7 nitrogen and oxygen atoms in total. The monoisotopic (exact) mass is 313 g/mol. The van der Waals surface area contributed by atoms with Gasteiger partial charge in [0.25, 0.3) is 0 Å². The van der Waals surface area contributed by atoms with Gasteiger partial charge in [0, 0.05) is 25.9 Å². The van der Waals surface area contributed by atoms with Crippen LogP contribution in [0.5, 0.6) is 0 Å². The Morgan fingerprint density at radius 2 is 2.00 bits per heavy atom. The minimum Gasteiger partial charge on any atom is -0.382 e. The number of aliphatic imine (C=N–C) groups is 1. The van der Waals surface area contributed by atoms with Crippen LogP contribution in [0.15, 0.2) is 35.8 Å². The van der Waals surface area contributed by atoms with Gasteiger partial charge in [0.05, 0.1) is 6.33 Å². The predicted molar refractivity (Wildman–Crippen MR) is 90.8 cm³/mol. The largest absolute Gasteiger partial charge is 0.382 e. The van der Waals surface area contributed by atoms with Gasteiger partial charge in [-0.2, -0.15) is 0 Å². The molecule has 122 valence electrons. The number of pyridine rings is 1. The van der Waals surface area contributed by atoms with Gasteiger partial charge in [0.1, 0.15) is 11.5 Å². The van der Waals surface area contributed by atoms with Crippen molar-refractivity contribution >= 4 is 11.7 Å². The number of amidine groups is 1. The quantitative estimate of drug-likeness (QED) is 0.786. The average Bonchev–Trinajstić information content (AvgIpc) is 2.79. The van der Waals surface area contributed by atoms with Gasteiger partial charge in [-0.3, -0.25) is 10.7 Å². The normalized spacial score (nSPS) is 20.6. The highest BCUT2D eigenvalue weighted by molar-refractivity contribution is 6.01. The summed E-state index contributed by atoms with van der Waals surface area (Å²) < 4.78 is 1.84. The molecule has 2 aromatic heterocycles. The van der Waals surface area contributed by atoms with Crippen molar-refractivity contribution in [3.8, 4) is 0 Å². The van der Waals surface area contributed by atoms with E-state index in [1.54, 1.807) is 18.7 Å². The summed E-state index contributed by atoms with van der Waals surface area (Å²) >= 11 is 0. The van der Waals surface area contributed by atoms with E-state index in [0.717, 1.165) is 12.1 Å². The zero-order valence-corrected chi connectivity index (χ0v) is 13.7. The number of rotatable bonds is 4. The minimum atomic E-state index is -0.956. The van der Waals surface area contributed by atoms with Gasteiger partial charge in [0.2, 0.25) is 0 Å². The molecule has 0 bridgehead atoms. The third kappa shape index (κ3) is 3.19. The smallest absolute Gasteiger partial charge is 0.186 e. The van der Waals surface area contributed by atoms with Gasteiger partial charge < -0.3 is 15.6 Å². The lowest BCUT2D eigenvalue weighted by Crippen LogP contribution is -2.53. The van der Waals surface area contributed by atoms with E-state index in [1.165, 1.54) is 5.56 Å². The number of aromatic nitrogens is 3. The maximum absolute atomic E-state index is 6.47. The Labute approximate surface area is 135 Å². The second-order valence-corrected chi connectivity index (χ2v) is 6.97. The van der Waals surface area contributed by atoms with Gasteiger partial charge in [-0.15, -0.1) is 0 Å². The highest BCUT2D eigenvalue weighted by atomic mass is 15.3. The first-order chi connectivity index (χ1) is 10.8. The van der Waals surface area contributed by atoms with Crippen LogP contribution in [0.3, 0.4) is 0 Å². The second kappa shape index (κ2) is 5.34. The summed E-state index contributed by atoms with van der Waals surface area (Å²) in [6, 6.07) is 4.04. The van der Waals surface area contributed by atoms with E-state index in [1.807, 2.05) is 23.7 Å². The molecule has 3 heterocycles. The highest BCUT2D eigenvalue weighted by Crippen LogP contribution is 2.34. The summed E-state index contributed by atoms with van der Waals surface area (Å²) in [5, 5.41) is 3.23. The molecule has 5 N–H and O–H groups in total. The molecule has 23 heavy (non-hydrogen) atoms. The Morgan fingerprint density at radius 1 is 1.30 bits per heavy atom. The fourth-order valence-corrected chi connectivity index (χ4v) is 3.25. The van der Waals surface area contributed by atoms with Crippen molar-refractivity contribution in [2.24, 2.45) is 28.9 Å². The van der Waals surface area contributed by atoms with Crippen LogP contribution in [0.2, 0.25) is 0 Å². The van der Waals surface area contributed by atoms with Crippen molar-refractivity contribution in [3.63, 3.8) is 0 Å². The van der Waals surface area contributed by atoms with E-state index >= 15 is 0 Å². The van der Waals surface area contributed by atoms with Crippen LogP contribution < -0.4 is 16.8 Å². The van der Waals surface area contributed by atoms with Crippen molar-refractivity contribution in [1.82, 2.24) is 14.5 Å². The first-order valence-corrected chi connectivity index (χ1v) is 7.61. The van der Waals surface area contributed by atoms with E-state index in [0.29, 0.717) is 18.1 Å². The molecular formula is C16H23N7. The van der Waals surface area contributed by atoms with Crippen molar-refractivity contribution in [3.05, 3.63) is 42.1 Å². The maximum atomic E-state index is 6.47. The van der Waals surface area contributed by atoms with E-state index < -0.39 is 5.79 Å². The fourth-order valence-electron chi connectivity index (χ4n) is 3.25. The van der Waals surface area contributed by atoms with Gasteiger partial charge in [-0.05, 0) is 29.5 Å². The van der Waals surface area contributed by atoms with Crippen molar-refractivity contribution in [2.75, 3.05) is 5.32 Å². The summed E-state index contributed by atoms with van der Waals surface area (Å²) in [5.74, 6) is 0.144. The third-order valence-corrected chi connectivity index (χ3v) is 4.01. The van der Waals surface area contributed by atoms with Gasteiger partial charge >= 0.3 is 0 Å². The van der Waals surface area contributed by atoms with Crippen LogP contribution in [0, 0.1) is 5.41 Å². The molecule has 1 aliphatic rings. The number of hydrogen-bond donors (Lipinski definition) is 3. The van der Waals surface area contributed by atoms with Crippen LogP contribution >= 0.6 is 0 Å². The molecule has 2 aromatic rings. The number of aryl methyl sites for hydroxylation is 1. The molecule has 0 spiro atoms. The molecule has 1 aliphatic heterocycles. The molecule has 7 heteroatoms. The molecule has 0 aromatic carbocycles. The lowest BCUT2D eigenvalue weighted by molar-refractivity contribution is 0.255. The number of nitrogens with two attached hydrogens (primary N) is 2. The Morgan fingerprint density at radius 3 is 2.70 bits per heavy atom. The number of anilines is 1. The molecule has 1 atom stereocenters. The number of nitrogens with one attached hydrogen (secondary N) is 1. The standard InChI is InChI=1S/C16H23N7/c1-15(2,8-11-4-6-19-7-5-11)9-16(18)21-13(17)12-14(22-16)20-10-23(12)3/h4-7,10,22H,8-9,18H2,1-3H3,(H2,17,21). The number of nitrogens with zero attached hydrogens (tertiary/aromatic N) is 4. The van der Waals surface area contributed by atoms with Crippen molar-refractivity contribution < 1.29 is 0 Å². The summed E-state index contributed by atoms with van der Waals surface area (Å²) in [6.45, 7) is 4.34. The Bertz CT molecular complexity index is 732.